The first kappa shape index (κ1) is 10.9. The van der Waals surface area contributed by atoms with Gasteiger partial charge in [0.25, 0.3) is 5.56 Å². The molecule has 84 valence electrons. The number of aromatic nitrogens is 2. The van der Waals surface area contributed by atoms with E-state index in [1.54, 1.807) is 18.2 Å². The first-order valence-corrected chi connectivity index (χ1v) is 5.06. The van der Waals surface area contributed by atoms with E-state index in [1.165, 1.54) is 12.4 Å². The molecule has 0 aliphatic heterocycles. The van der Waals surface area contributed by atoms with Crippen LogP contribution in [0, 0.1) is 11.3 Å². The normalized spacial score (nSPS) is 9.59. The van der Waals surface area contributed by atoms with Gasteiger partial charge in [-0.15, -0.1) is 0 Å². The molecule has 0 amide bonds. The summed E-state index contributed by atoms with van der Waals surface area (Å²) in [7, 11) is 0. The van der Waals surface area contributed by atoms with E-state index in [2.05, 4.69) is 21.4 Å². The van der Waals surface area contributed by atoms with E-state index in [-0.39, 0.29) is 11.4 Å². The molecule has 2 rings (SSSR count). The van der Waals surface area contributed by atoms with Crippen molar-refractivity contribution in [3.05, 3.63) is 58.1 Å². The maximum atomic E-state index is 11.3. The molecule has 0 aliphatic carbocycles. The van der Waals surface area contributed by atoms with Crippen molar-refractivity contribution in [1.29, 1.82) is 5.26 Å². The van der Waals surface area contributed by atoms with Gasteiger partial charge in [-0.1, -0.05) is 12.1 Å². The van der Waals surface area contributed by atoms with Gasteiger partial charge in [0.15, 0.2) is 5.82 Å². The highest BCUT2D eigenvalue weighted by Gasteiger charge is 1.99. The van der Waals surface area contributed by atoms with Gasteiger partial charge in [-0.3, -0.25) is 4.79 Å². The predicted octanol–water partition coefficient (Wildman–Crippen LogP) is 1.25. The van der Waals surface area contributed by atoms with Crippen molar-refractivity contribution >= 4 is 5.82 Å². The lowest BCUT2D eigenvalue weighted by molar-refractivity contribution is 1.06. The zero-order valence-electron chi connectivity index (χ0n) is 8.97. The van der Waals surface area contributed by atoms with E-state index in [0.717, 1.165) is 5.56 Å². The Hall–Kier alpha value is -2.61. The number of benzene rings is 1. The van der Waals surface area contributed by atoms with E-state index in [9.17, 15) is 4.79 Å². The number of nitrogens with zero attached hydrogens (tertiary/aromatic N) is 2. The highest BCUT2D eigenvalue weighted by atomic mass is 16.1. The molecule has 0 fully saturated rings. The number of nitrogens with one attached hydrogen (secondary N) is 2. The Balaban J connectivity index is 2.11. The summed E-state index contributed by atoms with van der Waals surface area (Å²) in [5.74, 6) is 0.273. The SMILES string of the molecule is N#Cc1cccc(CNc2ncc[nH]c2=O)c1. The average molecular weight is 226 g/mol. The number of hydrogen-bond acceptors (Lipinski definition) is 4. The quantitative estimate of drug-likeness (QED) is 0.825. The number of nitriles is 1. The van der Waals surface area contributed by atoms with Crippen LogP contribution in [0.2, 0.25) is 0 Å². The van der Waals surface area contributed by atoms with Gasteiger partial charge >= 0.3 is 0 Å². The minimum atomic E-state index is -0.260. The second-order valence-electron chi connectivity index (χ2n) is 3.43. The summed E-state index contributed by atoms with van der Waals surface area (Å²) in [5, 5.41) is 11.7. The highest BCUT2D eigenvalue weighted by molar-refractivity contribution is 5.36. The molecular formula is C12H10N4O. The number of H-pyrrole nitrogens is 1. The Bertz CT molecular complexity index is 612. The number of hydrogen-bond donors (Lipinski definition) is 2. The van der Waals surface area contributed by atoms with E-state index in [4.69, 9.17) is 5.26 Å². The van der Waals surface area contributed by atoms with Crippen LogP contribution in [0.3, 0.4) is 0 Å². The summed E-state index contributed by atoms with van der Waals surface area (Å²) in [6.07, 6.45) is 2.99. The summed E-state index contributed by atoms with van der Waals surface area (Å²) < 4.78 is 0. The van der Waals surface area contributed by atoms with Crippen molar-refractivity contribution < 1.29 is 0 Å². The molecule has 5 nitrogen and oxygen atoms in total. The standard InChI is InChI=1S/C12H10N4O/c13-7-9-2-1-3-10(6-9)8-16-11-12(17)15-5-4-14-11/h1-6H,8H2,(H,14,16)(H,15,17). The monoisotopic (exact) mass is 226 g/mol. The predicted molar refractivity (Wildman–Crippen MR) is 63.3 cm³/mol. The number of rotatable bonds is 3. The Morgan fingerprint density at radius 1 is 1.47 bits per heavy atom. The molecule has 2 aromatic rings. The maximum Gasteiger partial charge on any atom is 0.290 e. The summed E-state index contributed by atoms with van der Waals surface area (Å²) in [6.45, 7) is 0.454. The van der Waals surface area contributed by atoms with Gasteiger partial charge in [0, 0.05) is 18.9 Å². The van der Waals surface area contributed by atoms with Crippen molar-refractivity contribution in [1.82, 2.24) is 9.97 Å². The van der Waals surface area contributed by atoms with E-state index < -0.39 is 0 Å². The van der Waals surface area contributed by atoms with Crippen LogP contribution < -0.4 is 10.9 Å². The van der Waals surface area contributed by atoms with Crippen LogP contribution in [-0.2, 0) is 6.54 Å². The molecule has 1 aromatic carbocycles. The summed E-state index contributed by atoms with van der Waals surface area (Å²) in [4.78, 5) is 17.8. The fourth-order valence-corrected chi connectivity index (χ4v) is 1.41. The van der Waals surface area contributed by atoms with Crippen molar-refractivity contribution in [3.63, 3.8) is 0 Å². The lowest BCUT2D eigenvalue weighted by Gasteiger charge is -2.04. The van der Waals surface area contributed by atoms with Gasteiger partial charge < -0.3 is 10.3 Å². The zero-order chi connectivity index (χ0) is 12.1. The topological polar surface area (TPSA) is 81.6 Å². The molecule has 1 aromatic heterocycles. The molecule has 0 saturated carbocycles. The van der Waals surface area contributed by atoms with Crippen molar-refractivity contribution in [2.24, 2.45) is 0 Å². The van der Waals surface area contributed by atoms with Crippen LogP contribution in [0.5, 0.6) is 0 Å². The third kappa shape index (κ3) is 2.69. The minimum Gasteiger partial charge on any atom is -0.361 e. The second-order valence-corrected chi connectivity index (χ2v) is 3.43. The molecule has 0 saturated heterocycles. The fraction of sp³-hybridized carbons (Fsp3) is 0.0833. The largest absolute Gasteiger partial charge is 0.361 e. The zero-order valence-corrected chi connectivity index (χ0v) is 8.97. The molecule has 0 unspecified atom stereocenters. The molecule has 1 heterocycles. The smallest absolute Gasteiger partial charge is 0.290 e. The van der Waals surface area contributed by atoms with Crippen molar-refractivity contribution in [2.75, 3.05) is 5.32 Å². The first-order chi connectivity index (χ1) is 8.29. The molecule has 0 radical (unpaired) electrons. The van der Waals surface area contributed by atoms with Crippen LogP contribution in [0.25, 0.3) is 0 Å². The van der Waals surface area contributed by atoms with Gasteiger partial charge in [0.2, 0.25) is 0 Å². The molecule has 5 heteroatoms. The van der Waals surface area contributed by atoms with E-state index in [0.29, 0.717) is 12.1 Å². The Labute approximate surface area is 97.8 Å². The Morgan fingerprint density at radius 2 is 2.35 bits per heavy atom. The Morgan fingerprint density at radius 3 is 3.12 bits per heavy atom. The van der Waals surface area contributed by atoms with Gasteiger partial charge in [-0.2, -0.15) is 5.26 Å². The van der Waals surface area contributed by atoms with E-state index >= 15 is 0 Å². The summed E-state index contributed by atoms with van der Waals surface area (Å²) in [5.41, 5.74) is 1.26. The van der Waals surface area contributed by atoms with Crippen LogP contribution in [0.4, 0.5) is 5.82 Å². The fourth-order valence-electron chi connectivity index (χ4n) is 1.41. The van der Waals surface area contributed by atoms with Crippen molar-refractivity contribution in [3.8, 4) is 6.07 Å². The summed E-state index contributed by atoms with van der Waals surface area (Å²) >= 11 is 0. The molecule has 2 N–H and O–H groups in total. The average Bonchev–Trinajstić information content (AvgIpc) is 2.38. The molecular weight excluding hydrogens is 216 g/mol. The second kappa shape index (κ2) is 4.94. The molecule has 0 aliphatic rings. The van der Waals surface area contributed by atoms with Crippen LogP contribution in [0.15, 0.2) is 41.5 Å². The first-order valence-electron chi connectivity index (χ1n) is 5.06. The van der Waals surface area contributed by atoms with Gasteiger partial charge in [-0.25, -0.2) is 4.98 Å². The lowest BCUT2D eigenvalue weighted by Crippen LogP contribution is -2.15. The number of anilines is 1. The van der Waals surface area contributed by atoms with Gasteiger partial charge in [-0.05, 0) is 17.7 Å². The Kier molecular flexibility index (Phi) is 3.17. The number of aromatic amines is 1. The van der Waals surface area contributed by atoms with Crippen LogP contribution in [0.1, 0.15) is 11.1 Å². The van der Waals surface area contributed by atoms with Crippen LogP contribution in [-0.4, -0.2) is 9.97 Å². The van der Waals surface area contributed by atoms with Crippen LogP contribution >= 0.6 is 0 Å². The third-order valence-electron chi connectivity index (χ3n) is 2.22. The van der Waals surface area contributed by atoms with E-state index in [1.807, 2.05) is 6.07 Å². The highest BCUT2D eigenvalue weighted by Crippen LogP contribution is 2.05. The lowest BCUT2D eigenvalue weighted by atomic mass is 10.1. The molecule has 17 heavy (non-hydrogen) atoms. The molecule has 0 bridgehead atoms. The summed E-state index contributed by atoms with van der Waals surface area (Å²) in [6, 6.07) is 9.25. The molecule has 0 spiro atoms. The van der Waals surface area contributed by atoms with Gasteiger partial charge in [0.05, 0.1) is 11.6 Å². The molecule has 0 atom stereocenters. The minimum absolute atomic E-state index is 0.260. The maximum absolute atomic E-state index is 11.3. The third-order valence-corrected chi connectivity index (χ3v) is 2.22. The van der Waals surface area contributed by atoms with Crippen molar-refractivity contribution in [2.45, 2.75) is 6.54 Å². The van der Waals surface area contributed by atoms with Gasteiger partial charge in [0.1, 0.15) is 0 Å².